The van der Waals surface area contributed by atoms with Gasteiger partial charge >= 0.3 is 11.8 Å². The second-order valence-electron chi connectivity index (χ2n) is 5.14. The average Bonchev–Trinajstić information content (AvgIpc) is 2.45. The van der Waals surface area contributed by atoms with Crippen LogP contribution >= 0.6 is 0 Å². The van der Waals surface area contributed by atoms with Gasteiger partial charge in [-0.2, -0.15) is 0 Å². The molecule has 2 atom stereocenters. The molecule has 1 saturated heterocycles. The molecule has 1 fully saturated rings. The Morgan fingerprint density at radius 3 is 2.52 bits per heavy atom. The smallest absolute Gasteiger partial charge is 0.314 e. The van der Waals surface area contributed by atoms with Crippen LogP contribution in [0.15, 0.2) is 18.2 Å². The molecule has 114 valence electrons. The van der Waals surface area contributed by atoms with Crippen LogP contribution in [-0.2, 0) is 9.59 Å². The maximum Gasteiger partial charge on any atom is 0.314 e. The van der Waals surface area contributed by atoms with Crippen LogP contribution in [0.1, 0.15) is 13.3 Å². The van der Waals surface area contributed by atoms with Crippen LogP contribution in [0.25, 0.3) is 0 Å². The van der Waals surface area contributed by atoms with Gasteiger partial charge in [0, 0.05) is 13.1 Å². The Bertz CT molecular complexity index is 545. The summed E-state index contributed by atoms with van der Waals surface area (Å²) in [5, 5.41) is 11.7. The molecule has 1 aromatic carbocycles. The van der Waals surface area contributed by atoms with E-state index in [9.17, 15) is 23.5 Å². The molecule has 2 N–H and O–H groups in total. The summed E-state index contributed by atoms with van der Waals surface area (Å²) in [6.45, 7) is 2.21. The van der Waals surface area contributed by atoms with Gasteiger partial charge in [0.15, 0.2) is 0 Å². The monoisotopic (exact) mass is 298 g/mol. The molecule has 1 aliphatic rings. The van der Waals surface area contributed by atoms with Gasteiger partial charge in [-0.05, 0) is 24.5 Å². The number of likely N-dealkylation sites (tertiary alicyclic amines) is 1. The number of carbonyl (C=O) groups excluding carboxylic acids is 2. The lowest BCUT2D eigenvalue weighted by Gasteiger charge is -2.33. The van der Waals surface area contributed by atoms with E-state index in [4.69, 9.17) is 0 Å². The van der Waals surface area contributed by atoms with Crippen molar-refractivity contribution in [2.75, 3.05) is 18.4 Å². The fourth-order valence-corrected chi connectivity index (χ4v) is 2.16. The van der Waals surface area contributed by atoms with Gasteiger partial charge in [0.05, 0.1) is 6.10 Å². The molecular weight excluding hydrogens is 282 g/mol. The molecule has 0 aromatic heterocycles. The molecule has 0 aliphatic carbocycles. The number of para-hydroxylation sites is 1. The Kier molecular flexibility index (Phi) is 4.52. The number of nitrogens with zero attached hydrogens (tertiary/aromatic N) is 1. The van der Waals surface area contributed by atoms with E-state index in [-0.39, 0.29) is 12.5 Å². The molecule has 0 spiro atoms. The van der Waals surface area contributed by atoms with E-state index >= 15 is 0 Å². The lowest BCUT2D eigenvalue weighted by atomic mass is 9.96. The predicted molar refractivity (Wildman–Crippen MR) is 71.4 cm³/mol. The van der Waals surface area contributed by atoms with E-state index in [0.29, 0.717) is 13.0 Å². The number of aliphatic hydroxyl groups is 1. The molecule has 5 nitrogen and oxygen atoms in total. The quantitative estimate of drug-likeness (QED) is 0.764. The lowest BCUT2D eigenvalue weighted by molar-refractivity contribution is -0.146. The molecule has 2 amide bonds. The van der Waals surface area contributed by atoms with Crippen molar-refractivity contribution in [2.24, 2.45) is 5.92 Å². The Morgan fingerprint density at radius 2 is 1.95 bits per heavy atom. The number of rotatable bonds is 1. The molecule has 0 bridgehead atoms. The number of halogens is 2. The fraction of sp³-hybridized carbons (Fsp3) is 0.429. The standard InChI is InChI=1S/C14H16F2N2O3/c1-8-5-6-18(7-11(8)19)14(21)13(20)17-12-9(15)3-2-4-10(12)16/h2-4,8,11,19H,5-7H2,1H3,(H,17,20). The van der Waals surface area contributed by atoms with Gasteiger partial charge < -0.3 is 15.3 Å². The summed E-state index contributed by atoms with van der Waals surface area (Å²) in [4.78, 5) is 24.9. The summed E-state index contributed by atoms with van der Waals surface area (Å²) in [6.07, 6.45) is -0.144. The van der Waals surface area contributed by atoms with Crippen LogP contribution in [0.3, 0.4) is 0 Å². The third-order valence-corrected chi connectivity index (χ3v) is 3.60. The van der Waals surface area contributed by atoms with Crippen LogP contribution in [0.2, 0.25) is 0 Å². The number of hydrogen-bond acceptors (Lipinski definition) is 3. The highest BCUT2D eigenvalue weighted by Gasteiger charge is 2.31. The van der Waals surface area contributed by atoms with E-state index in [2.05, 4.69) is 0 Å². The summed E-state index contributed by atoms with van der Waals surface area (Å²) >= 11 is 0. The number of piperidine rings is 1. The molecular formula is C14H16F2N2O3. The minimum Gasteiger partial charge on any atom is -0.391 e. The topological polar surface area (TPSA) is 69.6 Å². The van der Waals surface area contributed by atoms with Gasteiger partial charge in [-0.15, -0.1) is 0 Å². The van der Waals surface area contributed by atoms with Crippen molar-refractivity contribution in [1.82, 2.24) is 4.90 Å². The van der Waals surface area contributed by atoms with E-state index in [0.717, 1.165) is 18.2 Å². The van der Waals surface area contributed by atoms with Crippen molar-refractivity contribution in [3.8, 4) is 0 Å². The zero-order chi connectivity index (χ0) is 15.6. The first-order valence-electron chi connectivity index (χ1n) is 6.62. The van der Waals surface area contributed by atoms with Gasteiger partial charge in [-0.1, -0.05) is 13.0 Å². The van der Waals surface area contributed by atoms with Crippen LogP contribution in [0.4, 0.5) is 14.5 Å². The maximum atomic E-state index is 13.4. The van der Waals surface area contributed by atoms with Crippen molar-refractivity contribution in [1.29, 1.82) is 0 Å². The zero-order valence-electron chi connectivity index (χ0n) is 11.5. The van der Waals surface area contributed by atoms with E-state index in [1.54, 1.807) is 0 Å². The van der Waals surface area contributed by atoms with Crippen molar-refractivity contribution in [2.45, 2.75) is 19.4 Å². The summed E-state index contributed by atoms with van der Waals surface area (Å²) in [5.41, 5.74) is -0.651. The van der Waals surface area contributed by atoms with Crippen LogP contribution in [0.5, 0.6) is 0 Å². The zero-order valence-corrected chi connectivity index (χ0v) is 11.5. The summed E-state index contributed by atoms with van der Waals surface area (Å²) in [5.74, 6) is -3.91. The fourth-order valence-electron chi connectivity index (χ4n) is 2.16. The Hall–Kier alpha value is -2.02. The van der Waals surface area contributed by atoms with Gasteiger partial charge in [0.25, 0.3) is 0 Å². The number of carbonyl (C=O) groups is 2. The molecule has 2 rings (SSSR count). The second-order valence-corrected chi connectivity index (χ2v) is 5.14. The number of β-amino-alcohol motifs (C(OH)–C–C–N with tert-alkyl or cyclic N) is 1. The highest BCUT2D eigenvalue weighted by atomic mass is 19.1. The van der Waals surface area contributed by atoms with Crippen molar-refractivity contribution in [3.63, 3.8) is 0 Å². The van der Waals surface area contributed by atoms with Crippen LogP contribution in [-0.4, -0.2) is 41.0 Å². The largest absolute Gasteiger partial charge is 0.391 e. The minimum absolute atomic E-state index is 0.0349. The lowest BCUT2D eigenvalue weighted by Crippen LogP contribution is -2.49. The van der Waals surface area contributed by atoms with Gasteiger partial charge in [0.2, 0.25) is 0 Å². The third-order valence-electron chi connectivity index (χ3n) is 3.60. The number of benzene rings is 1. The van der Waals surface area contributed by atoms with E-state index in [1.165, 1.54) is 4.90 Å². The minimum atomic E-state index is -1.12. The first-order valence-corrected chi connectivity index (χ1v) is 6.62. The molecule has 1 heterocycles. The average molecular weight is 298 g/mol. The third kappa shape index (κ3) is 3.36. The number of aliphatic hydroxyl groups excluding tert-OH is 1. The molecule has 1 aliphatic heterocycles. The number of anilines is 1. The van der Waals surface area contributed by atoms with Gasteiger partial charge in [-0.3, -0.25) is 9.59 Å². The summed E-state index contributed by atoms with van der Waals surface area (Å²) < 4.78 is 26.8. The summed E-state index contributed by atoms with van der Waals surface area (Å²) in [6, 6.07) is 3.12. The van der Waals surface area contributed by atoms with Crippen LogP contribution < -0.4 is 5.32 Å². The van der Waals surface area contributed by atoms with Gasteiger partial charge in [0.1, 0.15) is 17.3 Å². The first-order chi connectivity index (χ1) is 9.90. The molecule has 7 heteroatoms. The highest BCUT2D eigenvalue weighted by molar-refractivity contribution is 6.39. The number of hydrogen-bond donors (Lipinski definition) is 2. The van der Waals surface area contributed by atoms with Crippen molar-refractivity contribution >= 4 is 17.5 Å². The highest BCUT2D eigenvalue weighted by Crippen LogP contribution is 2.20. The normalized spacial score (nSPS) is 22.0. The second kappa shape index (κ2) is 6.17. The van der Waals surface area contributed by atoms with Gasteiger partial charge in [-0.25, -0.2) is 8.78 Å². The molecule has 0 saturated carbocycles. The summed E-state index contributed by atoms with van der Waals surface area (Å²) in [7, 11) is 0. The SMILES string of the molecule is CC1CCN(C(=O)C(=O)Nc2c(F)cccc2F)CC1O. The number of amides is 2. The molecule has 2 unspecified atom stereocenters. The van der Waals surface area contributed by atoms with Crippen LogP contribution in [0, 0.1) is 17.6 Å². The maximum absolute atomic E-state index is 13.4. The Morgan fingerprint density at radius 1 is 1.33 bits per heavy atom. The van der Waals surface area contributed by atoms with Crippen molar-refractivity contribution < 1.29 is 23.5 Å². The number of nitrogens with one attached hydrogen (secondary N) is 1. The van der Waals surface area contributed by atoms with E-state index < -0.39 is 35.2 Å². The first kappa shape index (κ1) is 15.4. The van der Waals surface area contributed by atoms with Crippen molar-refractivity contribution in [3.05, 3.63) is 29.8 Å². The Balaban J connectivity index is 2.05. The molecule has 21 heavy (non-hydrogen) atoms. The van der Waals surface area contributed by atoms with E-state index in [1.807, 2.05) is 12.2 Å². The predicted octanol–water partition coefficient (Wildman–Crippen LogP) is 1.13. The molecule has 0 radical (unpaired) electrons. The molecule has 1 aromatic rings. The Labute approximate surface area is 120 Å².